The van der Waals surface area contributed by atoms with Gasteiger partial charge in [-0.15, -0.1) is 0 Å². The molecule has 0 fully saturated rings. The third-order valence-electron chi connectivity index (χ3n) is 4.00. The third-order valence-corrected chi connectivity index (χ3v) is 4.00. The summed E-state index contributed by atoms with van der Waals surface area (Å²) in [5.41, 5.74) is 2.44. The van der Waals surface area contributed by atoms with Crippen LogP contribution < -0.4 is 16.0 Å². The Morgan fingerprint density at radius 3 is 2.61 bits per heavy atom. The van der Waals surface area contributed by atoms with E-state index in [4.69, 9.17) is 0 Å². The lowest BCUT2D eigenvalue weighted by Crippen LogP contribution is -2.37. The maximum atomic E-state index is 13.7. The van der Waals surface area contributed by atoms with Gasteiger partial charge in [0.25, 0.3) is 0 Å². The molecule has 2 aromatic carbocycles. The summed E-state index contributed by atoms with van der Waals surface area (Å²) in [4.78, 5) is 17.9. The number of benzene rings is 2. The van der Waals surface area contributed by atoms with Gasteiger partial charge in [-0.3, -0.25) is 9.79 Å². The molecule has 0 aliphatic heterocycles. The Morgan fingerprint density at radius 2 is 1.89 bits per heavy atom. The molecule has 0 radical (unpaired) electrons. The molecule has 6 nitrogen and oxygen atoms in total. The van der Waals surface area contributed by atoms with Gasteiger partial charge in [-0.05, 0) is 49.8 Å². The standard InChI is InChI=1S/C21H28FN5O/c1-23-21(24-12-11-17-8-4-5-10-19(17)22)25-14-16-7-6-9-18(13-16)26-20(28)15-27(2)3/h4-10,13H,11-12,14-15H2,1-3H3,(H,26,28)(H2,23,24,25). The first kappa shape index (κ1) is 21.4. The minimum absolute atomic E-state index is 0.0549. The molecule has 28 heavy (non-hydrogen) atoms. The molecular weight excluding hydrogens is 357 g/mol. The fourth-order valence-corrected chi connectivity index (χ4v) is 2.67. The molecule has 7 heteroatoms. The lowest BCUT2D eigenvalue weighted by Gasteiger charge is -2.13. The molecular formula is C21H28FN5O. The lowest BCUT2D eigenvalue weighted by atomic mass is 10.1. The number of halogens is 1. The molecule has 3 N–H and O–H groups in total. The summed E-state index contributed by atoms with van der Waals surface area (Å²) in [7, 11) is 5.39. The number of carbonyl (C=O) groups excluding carboxylic acids is 1. The van der Waals surface area contributed by atoms with Crippen molar-refractivity contribution < 1.29 is 9.18 Å². The lowest BCUT2D eigenvalue weighted by molar-refractivity contribution is -0.116. The molecule has 1 amide bonds. The number of nitrogens with zero attached hydrogens (tertiary/aromatic N) is 2. The van der Waals surface area contributed by atoms with Crippen LogP contribution in [0.3, 0.4) is 0 Å². The predicted octanol–water partition coefficient (Wildman–Crippen LogP) is 2.23. The number of carbonyl (C=O) groups is 1. The van der Waals surface area contributed by atoms with Crippen molar-refractivity contribution in [3.63, 3.8) is 0 Å². The molecule has 0 aliphatic carbocycles. The van der Waals surface area contributed by atoms with Gasteiger partial charge < -0.3 is 20.9 Å². The second-order valence-electron chi connectivity index (χ2n) is 6.68. The van der Waals surface area contributed by atoms with Crippen LogP contribution in [0.15, 0.2) is 53.5 Å². The number of hydrogen-bond acceptors (Lipinski definition) is 3. The minimum atomic E-state index is -0.194. The highest BCUT2D eigenvalue weighted by Crippen LogP contribution is 2.10. The summed E-state index contributed by atoms with van der Waals surface area (Å²) in [5.74, 6) is 0.388. The number of likely N-dealkylation sites (N-methyl/N-ethyl adjacent to an activating group) is 1. The van der Waals surface area contributed by atoms with Crippen molar-refractivity contribution in [2.45, 2.75) is 13.0 Å². The van der Waals surface area contributed by atoms with Crippen molar-refractivity contribution in [1.82, 2.24) is 15.5 Å². The van der Waals surface area contributed by atoms with Gasteiger partial charge in [0.1, 0.15) is 5.82 Å². The van der Waals surface area contributed by atoms with Gasteiger partial charge in [0.05, 0.1) is 6.54 Å². The van der Waals surface area contributed by atoms with E-state index in [1.165, 1.54) is 6.07 Å². The van der Waals surface area contributed by atoms with E-state index in [1.54, 1.807) is 19.2 Å². The number of rotatable bonds is 8. The quantitative estimate of drug-likeness (QED) is 0.482. The summed E-state index contributed by atoms with van der Waals surface area (Å²) >= 11 is 0. The summed E-state index contributed by atoms with van der Waals surface area (Å²) < 4.78 is 13.7. The summed E-state index contributed by atoms with van der Waals surface area (Å²) in [6.45, 7) is 1.46. The molecule has 2 aromatic rings. The molecule has 0 saturated heterocycles. The van der Waals surface area contributed by atoms with Crippen LogP contribution in [0.2, 0.25) is 0 Å². The van der Waals surface area contributed by atoms with Crippen LogP contribution in [0.25, 0.3) is 0 Å². The Hall–Kier alpha value is -2.93. The summed E-state index contributed by atoms with van der Waals surface area (Å²) in [5, 5.41) is 9.29. The van der Waals surface area contributed by atoms with Crippen LogP contribution in [0.1, 0.15) is 11.1 Å². The largest absolute Gasteiger partial charge is 0.356 e. The first-order valence-electron chi connectivity index (χ1n) is 9.19. The molecule has 150 valence electrons. The molecule has 0 atom stereocenters. The van der Waals surface area contributed by atoms with Crippen molar-refractivity contribution in [3.8, 4) is 0 Å². The van der Waals surface area contributed by atoms with Crippen LogP contribution in [0.4, 0.5) is 10.1 Å². The van der Waals surface area contributed by atoms with Crippen LogP contribution in [0, 0.1) is 5.82 Å². The Labute approximate surface area is 165 Å². The number of nitrogens with one attached hydrogen (secondary N) is 3. The Bertz CT molecular complexity index is 807. The number of hydrogen-bond donors (Lipinski definition) is 3. The summed E-state index contributed by atoms with van der Waals surface area (Å²) in [6, 6.07) is 14.4. The normalized spacial score (nSPS) is 11.4. The van der Waals surface area contributed by atoms with Crippen molar-refractivity contribution in [3.05, 3.63) is 65.5 Å². The Balaban J connectivity index is 1.82. The first-order valence-corrected chi connectivity index (χ1v) is 9.19. The van der Waals surface area contributed by atoms with E-state index in [1.807, 2.05) is 49.3 Å². The van der Waals surface area contributed by atoms with Crippen LogP contribution >= 0.6 is 0 Å². The van der Waals surface area contributed by atoms with Gasteiger partial charge >= 0.3 is 0 Å². The molecule has 0 saturated carbocycles. The van der Waals surface area contributed by atoms with Gasteiger partial charge in [0, 0.05) is 25.8 Å². The van der Waals surface area contributed by atoms with Crippen LogP contribution in [-0.2, 0) is 17.8 Å². The zero-order valence-corrected chi connectivity index (χ0v) is 16.6. The van der Waals surface area contributed by atoms with E-state index in [-0.39, 0.29) is 11.7 Å². The van der Waals surface area contributed by atoms with E-state index < -0.39 is 0 Å². The van der Waals surface area contributed by atoms with Gasteiger partial charge in [0.15, 0.2) is 5.96 Å². The maximum Gasteiger partial charge on any atom is 0.238 e. The predicted molar refractivity (Wildman–Crippen MR) is 112 cm³/mol. The third kappa shape index (κ3) is 7.36. The van der Waals surface area contributed by atoms with Crippen LogP contribution in [0.5, 0.6) is 0 Å². The van der Waals surface area contributed by atoms with Crippen molar-refractivity contribution in [2.75, 3.05) is 39.5 Å². The fraction of sp³-hybridized carbons (Fsp3) is 0.333. The molecule has 0 aromatic heterocycles. The van der Waals surface area contributed by atoms with Crippen molar-refractivity contribution in [1.29, 1.82) is 0 Å². The molecule has 2 rings (SSSR count). The number of aliphatic imine (C=N–C) groups is 1. The van der Waals surface area contributed by atoms with E-state index in [9.17, 15) is 9.18 Å². The molecule has 0 bridgehead atoms. The number of amides is 1. The van der Waals surface area contributed by atoms with E-state index in [0.717, 1.165) is 11.3 Å². The Kier molecular flexibility index (Phi) is 8.42. The highest BCUT2D eigenvalue weighted by molar-refractivity contribution is 5.92. The SMILES string of the molecule is CN=C(NCCc1ccccc1F)NCc1cccc(NC(=O)CN(C)C)c1. The van der Waals surface area contributed by atoms with Gasteiger partial charge in [0.2, 0.25) is 5.91 Å². The zero-order chi connectivity index (χ0) is 20.4. The number of anilines is 1. The van der Waals surface area contributed by atoms with Crippen molar-refractivity contribution in [2.24, 2.45) is 4.99 Å². The highest BCUT2D eigenvalue weighted by atomic mass is 19.1. The molecule has 0 heterocycles. The second-order valence-corrected chi connectivity index (χ2v) is 6.68. The smallest absolute Gasteiger partial charge is 0.238 e. The van der Waals surface area contributed by atoms with Crippen LogP contribution in [-0.4, -0.2) is 51.0 Å². The van der Waals surface area contributed by atoms with E-state index in [0.29, 0.717) is 37.6 Å². The van der Waals surface area contributed by atoms with Gasteiger partial charge in [-0.1, -0.05) is 30.3 Å². The average molecular weight is 385 g/mol. The van der Waals surface area contributed by atoms with Gasteiger partial charge in [-0.25, -0.2) is 4.39 Å². The van der Waals surface area contributed by atoms with E-state index >= 15 is 0 Å². The minimum Gasteiger partial charge on any atom is -0.356 e. The molecule has 0 unspecified atom stereocenters. The first-order chi connectivity index (χ1) is 13.5. The Morgan fingerprint density at radius 1 is 1.11 bits per heavy atom. The highest BCUT2D eigenvalue weighted by Gasteiger charge is 2.05. The van der Waals surface area contributed by atoms with E-state index in [2.05, 4.69) is 20.9 Å². The monoisotopic (exact) mass is 385 g/mol. The zero-order valence-electron chi connectivity index (χ0n) is 16.6. The maximum absolute atomic E-state index is 13.7. The molecule has 0 aliphatic rings. The summed E-state index contributed by atoms with van der Waals surface area (Å²) in [6.07, 6.45) is 0.570. The number of guanidine groups is 1. The van der Waals surface area contributed by atoms with Gasteiger partial charge in [-0.2, -0.15) is 0 Å². The second kappa shape index (κ2) is 11.0. The fourth-order valence-electron chi connectivity index (χ4n) is 2.67. The molecule has 0 spiro atoms. The average Bonchev–Trinajstić information content (AvgIpc) is 2.65. The topological polar surface area (TPSA) is 68.8 Å². The van der Waals surface area contributed by atoms with Crippen molar-refractivity contribution >= 4 is 17.6 Å².